The first-order valence-corrected chi connectivity index (χ1v) is 9.98. The van der Waals surface area contributed by atoms with Gasteiger partial charge in [0.05, 0.1) is 16.6 Å². The van der Waals surface area contributed by atoms with Crippen LogP contribution in [0.5, 0.6) is 0 Å². The molecule has 0 unspecified atom stereocenters. The molecule has 134 valence electrons. The molecule has 0 aliphatic heterocycles. The summed E-state index contributed by atoms with van der Waals surface area (Å²) in [6.45, 7) is 4.69. The highest BCUT2D eigenvalue weighted by Crippen LogP contribution is 2.25. The number of hydrogen-bond acceptors (Lipinski definition) is 6. The van der Waals surface area contributed by atoms with Gasteiger partial charge in [-0.25, -0.2) is 0 Å². The summed E-state index contributed by atoms with van der Waals surface area (Å²) in [5.41, 5.74) is 0.848. The van der Waals surface area contributed by atoms with Crippen LogP contribution in [0.4, 0.5) is 0 Å². The van der Waals surface area contributed by atoms with Crippen LogP contribution in [0, 0.1) is 0 Å². The first kappa shape index (κ1) is 18.7. The van der Waals surface area contributed by atoms with Gasteiger partial charge in [0.15, 0.2) is 0 Å². The molecule has 0 aliphatic carbocycles. The van der Waals surface area contributed by atoms with Gasteiger partial charge in [0.25, 0.3) is 5.22 Å². The molecule has 0 radical (unpaired) electrons. The van der Waals surface area contributed by atoms with E-state index in [-0.39, 0.29) is 11.7 Å². The summed E-state index contributed by atoms with van der Waals surface area (Å²) in [5, 5.41) is 8.39. The van der Waals surface area contributed by atoms with Gasteiger partial charge in [-0.1, -0.05) is 47.6 Å². The number of halogens is 1. The highest BCUT2D eigenvalue weighted by Gasteiger charge is 2.16. The third-order valence-corrected chi connectivity index (χ3v) is 5.44. The lowest BCUT2D eigenvalue weighted by atomic mass is 10.2. The molecule has 1 amide bonds. The summed E-state index contributed by atoms with van der Waals surface area (Å²) < 4.78 is 6.32. The quantitative estimate of drug-likeness (QED) is 0.399. The minimum Gasteiger partial charge on any atom is -0.411 e. The van der Waals surface area contributed by atoms with E-state index in [1.807, 2.05) is 42.5 Å². The maximum Gasteiger partial charge on any atom is 0.277 e. The van der Waals surface area contributed by atoms with Crippen molar-refractivity contribution in [2.75, 3.05) is 12.3 Å². The van der Waals surface area contributed by atoms with Crippen molar-refractivity contribution in [3.05, 3.63) is 64.3 Å². The number of benzene rings is 1. The Labute approximate surface area is 164 Å². The normalized spacial score (nSPS) is 10.7. The summed E-state index contributed by atoms with van der Waals surface area (Å²) in [7, 11) is 0. The molecule has 0 saturated heterocycles. The molecule has 0 bridgehead atoms. The topological polar surface area (TPSA) is 59.2 Å². The number of aromatic nitrogens is 2. The van der Waals surface area contributed by atoms with Crippen LogP contribution < -0.4 is 0 Å². The molecule has 3 aromatic rings. The van der Waals surface area contributed by atoms with Crippen molar-refractivity contribution in [3.63, 3.8) is 0 Å². The van der Waals surface area contributed by atoms with Gasteiger partial charge >= 0.3 is 0 Å². The SMILES string of the molecule is C=CCN(Cc1ccc(Cl)s1)C(=O)CSc1nnc(-c2ccccc2)o1. The zero-order valence-corrected chi connectivity index (χ0v) is 16.2. The third-order valence-electron chi connectivity index (χ3n) is 3.42. The zero-order chi connectivity index (χ0) is 18.4. The van der Waals surface area contributed by atoms with Crippen molar-refractivity contribution in [2.24, 2.45) is 0 Å². The number of hydrogen-bond donors (Lipinski definition) is 0. The highest BCUT2D eigenvalue weighted by molar-refractivity contribution is 7.99. The van der Waals surface area contributed by atoms with Crippen LogP contribution in [-0.4, -0.2) is 33.3 Å². The van der Waals surface area contributed by atoms with Crippen molar-refractivity contribution in [1.82, 2.24) is 15.1 Å². The maximum absolute atomic E-state index is 12.5. The molecule has 0 N–H and O–H groups in total. The monoisotopic (exact) mass is 405 g/mol. The van der Waals surface area contributed by atoms with Crippen molar-refractivity contribution in [3.8, 4) is 11.5 Å². The summed E-state index contributed by atoms with van der Waals surface area (Å²) >= 11 is 8.65. The van der Waals surface area contributed by atoms with Gasteiger partial charge in [-0.2, -0.15) is 0 Å². The molecule has 0 saturated carbocycles. The van der Waals surface area contributed by atoms with Crippen LogP contribution >= 0.6 is 34.7 Å². The minimum absolute atomic E-state index is 0.0288. The lowest BCUT2D eigenvalue weighted by molar-refractivity contribution is -0.128. The summed E-state index contributed by atoms with van der Waals surface area (Å²) in [5.74, 6) is 0.624. The second-order valence-corrected chi connectivity index (χ2v) is 8.02. The van der Waals surface area contributed by atoms with Crippen LogP contribution in [-0.2, 0) is 11.3 Å². The largest absolute Gasteiger partial charge is 0.411 e. The predicted molar refractivity (Wildman–Crippen MR) is 105 cm³/mol. The second-order valence-electron chi connectivity index (χ2n) is 5.30. The minimum atomic E-state index is -0.0288. The Balaban J connectivity index is 1.59. The van der Waals surface area contributed by atoms with E-state index < -0.39 is 0 Å². The number of rotatable bonds is 8. The van der Waals surface area contributed by atoms with E-state index in [0.29, 0.717) is 28.5 Å². The second kappa shape index (κ2) is 9.02. The van der Waals surface area contributed by atoms with Crippen LogP contribution in [0.3, 0.4) is 0 Å². The molecular weight excluding hydrogens is 390 g/mol. The molecule has 0 atom stereocenters. The molecule has 3 rings (SSSR count). The Kier molecular flexibility index (Phi) is 6.49. The number of nitrogens with zero attached hydrogens (tertiary/aromatic N) is 3. The van der Waals surface area contributed by atoms with Gasteiger partial charge in [-0.3, -0.25) is 4.79 Å². The Hall–Kier alpha value is -2.09. The lowest BCUT2D eigenvalue weighted by Crippen LogP contribution is -2.31. The van der Waals surface area contributed by atoms with E-state index >= 15 is 0 Å². The number of thiophene rings is 1. The summed E-state index contributed by atoms with van der Waals surface area (Å²) in [4.78, 5) is 15.3. The fourth-order valence-corrected chi connectivity index (χ4v) is 3.98. The number of carbonyl (C=O) groups excluding carboxylic acids is 1. The van der Waals surface area contributed by atoms with E-state index in [9.17, 15) is 4.79 Å². The van der Waals surface area contributed by atoms with Crippen LogP contribution in [0.2, 0.25) is 4.34 Å². The standard InChI is InChI=1S/C18H16ClN3O2S2/c1-2-10-22(11-14-8-9-15(19)26-14)16(23)12-25-18-21-20-17(24-18)13-6-4-3-5-7-13/h2-9H,1,10-12H2. The van der Waals surface area contributed by atoms with Crippen LogP contribution in [0.1, 0.15) is 4.88 Å². The number of thioether (sulfide) groups is 1. The molecule has 0 fully saturated rings. The summed E-state index contributed by atoms with van der Waals surface area (Å²) in [6, 6.07) is 13.3. The number of amides is 1. The molecule has 0 spiro atoms. The van der Waals surface area contributed by atoms with E-state index in [1.54, 1.807) is 11.0 Å². The van der Waals surface area contributed by atoms with Crippen LogP contribution in [0.25, 0.3) is 11.5 Å². The lowest BCUT2D eigenvalue weighted by Gasteiger charge is -2.19. The van der Waals surface area contributed by atoms with Crippen molar-refractivity contribution >= 4 is 40.6 Å². The average Bonchev–Trinajstić information content (AvgIpc) is 3.29. The van der Waals surface area contributed by atoms with Gasteiger partial charge in [0, 0.05) is 17.0 Å². The van der Waals surface area contributed by atoms with Gasteiger partial charge in [0.1, 0.15) is 0 Å². The molecule has 0 aliphatic rings. The number of carbonyl (C=O) groups is 1. The van der Waals surface area contributed by atoms with E-state index in [1.165, 1.54) is 23.1 Å². The Morgan fingerprint density at radius 3 is 2.77 bits per heavy atom. The third kappa shape index (κ3) is 4.97. The molecule has 5 nitrogen and oxygen atoms in total. The average molecular weight is 406 g/mol. The van der Waals surface area contributed by atoms with Crippen molar-refractivity contribution in [2.45, 2.75) is 11.8 Å². The highest BCUT2D eigenvalue weighted by atomic mass is 35.5. The van der Waals surface area contributed by atoms with Crippen molar-refractivity contribution < 1.29 is 9.21 Å². The molecule has 1 aromatic carbocycles. The first-order chi connectivity index (χ1) is 12.7. The summed E-state index contributed by atoms with van der Waals surface area (Å²) in [6.07, 6.45) is 1.71. The van der Waals surface area contributed by atoms with Gasteiger partial charge in [0.2, 0.25) is 11.8 Å². The van der Waals surface area contributed by atoms with Gasteiger partial charge < -0.3 is 9.32 Å². The molecular formula is C18H16ClN3O2S2. The Bertz CT molecular complexity index is 879. The van der Waals surface area contributed by atoms with E-state index in [2.05, 4.69) is 16.8 Å². The molecule has 2 heterocycles. The van der Waals surface area contributed by atoms with Crippen molar-refractivity contribution in [1.29, 1.82) is 0 Å². The van der Waals surface area contributed by atoms with E-state index in [4.69, 9.17) is 16.0 Å². The van der Waals surface area contributed by atoms with Crippen LogP contribution in [0.15, 0.2) is 64.8 Å². The Morgan fingerprint density at radius 2 is 2.08 bits per heavy atom. The maximum atomic E-state index is 12.5. The van der Waals surface area contributed by atoms with Gasteiger partial charge in [-0.15, -0.1) is 28.1 Å². The first-order valence-electron chi connectivity index (χ1n) is 7.80. The fraction of sp³-hybridized carbons (Fsp3) is 0.167. The zero-order valence-electron chi connectivity index (χ0n) is 13.8. The predicted octanol–water partition coefficient (Wildman–Crippen LogP) is 4.76. The van der Waals surface area contributed by atoms with Gasteiger partial charge in [-0.05, 0) is 24.3 Å². The smallest absolute Gasteiger partial charge is 0.277 e. The van der Waals surface area contributed by atoms with E-state index in [0.717, 1.165) is 10.4 Å². The molecule has 8 heteroatoms. The fourth-order valence-electron chi connectivity index (χ4n) is 2.22. The Morgan fingerprint density at radius 1 is 1.27 bits per heavy atom. The molecule has 2 aromatic heterocycles. The molecule has 26 heavy (non-hydrogen) atoms.